The maximum Gasteiger partial charge on any atom is 0.408 e. The van der Waals surface area contributed by atoms with Gasteiger partial charge in [0.1, 0.15) is 30.3 Å². The zero-order chi connectivity index (χ0) is 36.9. The molecule has 1 aliphatic rings. The fourth-order valence-corrected chi connectivity index (χ4v) is 5.37. The summed E-state index contributed by atoms with van der Waals surface area (Å²) in [5.41, 5.74) is 15.6. The Hall–Kier alpha value is -5.42. The summed E-state index contributed by atoms with van der Waals surface area (Å²) < 4.78 is 5.13. The number of aliphatic carboxylic acids is 2. The molecule has 0 unspecified atom stereocenters. The number of ether oxygens (including phenoxy) is 1. The third-order valence-electron chi connectivity index (χ3n) is 7.90. The number of nitrogen functional groups attached to an aromatic ring is 1. The van der Waals surface area contributed by atoms with Gasteiger partial charge in [-0.1, -0.05) is 45.2 Å². The van der Waals surface area contributed by atoms with Crippen molar-refractivity contribution in [3.05, 3.63) is 29.8 Å². The van der Waals surface area contributed by atoms with Crippen molar-refractivity contribution in [1.82, 2.24) is 21.3 Å². The highest BCUT2D eigenvalue weighted by Gasteiger charge is 2.44. The molecule has 1 aromatic carbocycles. The van der Waals surface area contributed by atoms with Crippen molar-refractivity contribution >= 4 is 53.3 Å². The fraction of sp³-hybridized carbons (Fsp3) is 0.548. The summed E-state index contributed by atoms with van der Waals surface area (Å²) in [5, 5.41) is 28.7. The third kappa shape index (κ3) is 12.6. The highest BCUT2D eigenvalue weighted by atomic mass is 16.5. The average molecular weight is 692 g/mol. The van der Waals surface area contributed by atoms with Gasteiger partial charge >= 0.3 is 18.0 Å². The SMILES string of the molecule is CC(C)C[C@H](NC(=O)[C@H](CC(C(=O)O)C(=O)O)NC(=O)OCc1cccc(N)c1)C(=O)NC1(C(=O)N[C@@H](CC(N)=O)C(N)=O)CCCCC1. The van der Waals surface area contributed by atoms with Crippen LogP contribution in [-0.4, -0.2) is 81.4 Å². The maximum atomic E-state index is 13.8. The monoisotopic (exact) mass is 691 g/mol. The topological polar surface area (TPSA) is 312 Å². The zero-order valence-corrected chi connectivity index (χ0v) is 27.4. The Labute approximate surface area is 282 Å². The number of carbonyl (C=O) groups excluding carboxylic acids is 6. The van der Waals surface area contributed by atoms with Crippen LogP contribution in [0.3, 0.4) is 0 Å². The number of hydrogen-bond donors (Lipinski definition) is 9. The van der Waals surface area contributed by atoms with E-state index in [0.717, 1.165) is 6.42 Å². The summed E-state index contributed by atoms with van der Waals surface area (Å²) in [6.07, 6.45) is -0.570. The molecule has 18 heteroatoms. The Bertz CT molecular complexity index is 1400. The number of primary amides is 2. The van der Waals surface area contributed by atoms with E-state index in [9.17, 15) is 48.6 Å². The van der Waals surface area contributed by atoms with Gasteiger partial charge in [0, 0.05) is 12.1 Å². The Morgan fingerprint density at radius 3 is 1.98 bits per heavy atom. The molecular weight excluding hydrogens is 646 g/mol. The Morgan fingerprint density at radius 2 is 1.45 bits per heavy atom. The van der Waals surface area contributed by atoms with E-state index >= 15 is 0 Å². The van der Waals surface area contributed by atoms with Crippen LogP contribution in [0.25, 0.3) is 0 Å². The molecule has 1 saturated carbocycles. The summed E-state index contributed by atoms with van der Waals surface area (Å²) in [4.78, 5) is 100. The van der Waals surface area contributed by atoms with Crippen molar-refractivity contribution in [2.75, 3.05) is 5.73 Å². The second kappa shape index (κ2) is 18.2. The molecule has 49 heavy (non-hydrogen) atoms. The lowest BCUT2D eigenvalue weighted by atomic mass is 9.80. The minimum Gasteiger partial charge on any atom is -0.481 e. The van der Waals surface area contributed by atoms with E-state index in [2.05, 4.69) is 21.3 Å². The van der Waals surface area contributed by atoms with Crippen molar-refractivity contribution in [3.8, 4) is 0 Å². The lowest BCUT2D eigenvalue weighted by Gasteiger charge is -2.38. The number of nitrogens with two attached hydrogens (primary N) is 3. The number of amides is 6. The van der Waals surface area contributed by atoms with Crippen molar-refractivity contribution in [1.29, 1.82) is 0 Å². The van der Waals surface area contributed by atoms with Gasteiger partial charge in [0.2, 0.25) is 29.5 Å². The lowest BCUT2D eigenvalue weighted by molar-refractivity contribution is -0.155. The van der Waals surface area contributed by atoms with Crippen LogP contribution in [-0.2, 0) is 44.9 Å². The van der Waals surface area contributed by atoms with Gasteiger partial charge in [-0.05, 0) is 42.9 Å². The van der Waals surface area contributed by atoms with Gasteiger partial charge in [-0.25, -0.2) is 4.79 Å². The molecule has 12 N–H and O–H groups in total. The fourth-order valence-electron chi connectivity index (χ4n) is 5.37. The standard InChI is InChI=1S/C31H45N7O11/c1-16(2)11-21(26(42)38-31(9-4-3-5-10-31)29(47)36-20(24(34)40)14-23(33)39)35-25(41)22(13-19(27(43)44)28(45)46)37-30(48)49-15-17-7-6-8-18(32)12-17/h6-8,12,16,19-22H,3-5,9-11,13-15,32H2,1-2H3,(H2,33,39)(H2,34,40)(H,35,41)(H,36,47)(H,37,48)(H,38,42)(H,43,44)(H,45,46)/t20-,21-,22-/m0/s1. The van der Waals surface area contributed by atoms with Gasteiger partial charge in [0.25, 0.3) is 0 Å². The number of carboxylic acids is 2. The lowest BCUT2D eigenvalue weighted by Crippen LogP contribution is -2.65. The van der Waals surface area contributed by atoms with Crippen LogP contribution in [0.4, 0.5) is 10.5 Å². The summed E-state index contributed by atoms with van der Waals surface area (Å²) in [7, 11) is 0. The van der Waals surface area contributed by atoms with Crippen LogP contribution in [0.5, 0.6) is 0 Å². The molecule has 1 aromatic rings. The number of alkyl carbamates (subject to hydrolysis) is 1. The molecule has 18 nitrogen and oxygen atoms in total. The number of benzene rings is 1. The Kier molecular flexibility index (Phi) is 14.8. The van der Waals surface area contributed by atoms with Crippen molar-refractivity contribution in [3.63, 3.8) is 0 Å². The molecule has 1 fully saturated rings. The summed E-state index contributed by atoms with van der Waals surface area (Å²) in [6.45, 7) is 3.20. The van der Waals surface area contributed by atoms with Gasteiger partial charge in [0.15, 0.2) is 5.92 Å². The molecule has 0 heterocycles. The molecule has 270 valence electrons. The van der Waals surface area contributed by atoms with E-state index in [1.807, 2.05) is 0 Å². The van der Waals surface area contributed by atoms with Crippen molar-refractivity contribution < 1.29 is 53.3 Å². The van der Waals surface area contributed by atoms with Crippen LogP contribution < -0.4 is 38.5 Å². The minimum absolute atomic E-state index is 0.00867. The third-order valence-corrected chi connectivity index (χ3v) is 7.90. The highest BCUT2D eigenvalue weighted by molar-refractivity contribution is 5.99. The van der Waals surface area contributed by atoms with E-state index in [4.69, 9.17) is 21.9 Å². The first-order valence-corrected chi connectivity index (χ1v) is 15.7. The zero-order valence-electron chi connectivity index (χ0n) is 27.4. The van der Waals surface area contributed by atoms with E-state index in [-0.39, 0.29) is 31.8 Å². The van der Waals surface area contributed by atoms with Crippen LogP contribution >= 0.6 is 0 Å². The Balaban J connectivity index is 2.33. The number of carboxylic acid groups (broad SMARTS) is 2. The summed E-state index contributed by atoms with van der Waals surface area (Å²) >= 11 is 0. The smallest absolute Gasteiger partial charge is 0.408 e. The van der Waals surface area contributed by atoms with Crippen molar-refractivity contribution in [2.45, 2.75) is 95.5 Å². The summed E-state index contributed by atoms with van der Waals surface area (Å²) in [6, 6.07) is 1.79. The second-order valence-corrected chi connectivity index (χ2v) is 12.4. The van der Waals surface area contributed by atoms with Crippen LogP contribution in [0.2, 0.25) is 0 Å². The number of nitrogens with one attached hydrogen (secondary N) is 4. The molecule has 0 spiro atoms. The van der Waals surface area contributed by atoms with Gasteiger partial charge in [-0.3, -0.25) is 33.6 Å². The number of carbonyl (C=O) groups is 8. The number of anilines is 1. The molecule has 3 atom stereocenters. The van der Waals surface area contributed by atoms with Crippen LogP contribution in [0.1, 0.15) is 70.8 Å². The van der Waals surface area contributed by atoms with E-state index in [1.165, 1.54) is 6.07 Å². The molecule has 0 radical (unpaired) electrons. The largest absolute Gasteiger partial charge is 0.481 e. The van der Waals surface area contributed by atoms with Crippen LogP contribution in [0.15, 0.2) is 24.3 Å². The highest BCUT2D eigenvalue weighted by Crippen LogP contribution is 2.29. The predicted octanol–water partition coefficient (Wildman–Crippen LogP) is -0.765. The minimum atomic E-state index is -2.12. The maximum absolute atomic E-state index is 13.8. The van der Waals surface area contributed by atoms with Gasteiger partial charge < -0.3 is 53.4 Å². The van der Waals surface area contributed by atoms with Crippen molar-refractivity contribution in [2.24, 2.45) is 23.3 Å². The van der Waals surface area contributed by atoms with Crippen LogP contribution in [0, 0.1) is 11.8 Å². The van der Waals surface area contributed by atoms with E-state index in [0.29, 0.717) is 24.1 Å². The first kappa shape index (κ1) is 39.8. The number of rotatable bonds is 18. The molecule has 6 amide bonds. The normalized spacial score (nSPS) is 15.6. The molecular formula is C31H45N7O11. The molecule has 0 aliphatic heterocycles. The molecule has 0 aromatic heterocycles. The first-order valence-electron chi connectivity index (χ1n) is 15.7. The first-order chi connectivity index (χ1) is 22.9. The Morgan fingerprint density at radius 1 is 0.837 bits per heavy atom. The molecule has 0 bridgehead atoms. The predicted molar refractivity (Wildman–Crippen MR) is 172 cm³/mol. The van der Waals surface area contributed by atoms with E-state index in [1.54, 1.807) is 32.0 Å². The average Bonchev–Trinajstić information content (AvgIpc) is 3.00. The van der Waals surface area contributed by atoms with Gasteiger partial charge in [-0.2, -0.15) is 0 Å². The molecule has 1 aliphatic carbocycles. The molecule has 2 rings (SSSR count). The van der Waals surface area contributed by atoms with Gasteiger partial charge in [0.05, 0.1) is 6.42 Å². The molecule has 0 saturated heterocycles. The van der Waals surface area contributed by atoms with E-state index < -0.39 is 90.0 Å². The second-order valence-electron chi connectivity index (χ2n) is 12.4. The number of hydrogen-bond acceptors (Lipinski definition) is 10. The summed E-state index contributed by atoms with van der Waals surface area (Å²) in [5.74, 6) is -10.5. The quantitative estimate of drug-likeness (QED) is 0.0677. The van der Waals surface area contributed by atoms with Gasteiger partial charge in [-0.15, -0.1) is 0 Å².